The molecule has 0 aliphatic carbocycles. The second-order valence-corrected chi connectivity index (χ2v) is 6.39. The minimum atomic E-state index is -0.845. The van der Waals surface area contributed by atoms with Crippen molar-refractivity contribution in [3.8, 4) is 0 Å². The second-order valence-electron chi connectivity index (χ2n) is 5.26. The molecular weight excluding hydrogens is 268 g/mol. The van der Waals surface area contributed by atoms with Crippen LogP contribution >= 0.6 is 11.8 Å². The molecule has 0 bridgehead atoms. The number of carboxylic acid groups (broad SMARTS) is 1. The van der Waals surface area contributed by atoms with Crippen LogP contribution in [0, 0.1) is 6.92 Å². The highest BCUT2D eigenvalue weighted by Crippen LogP contribution is 2.25. The molecule has 1 aromatic rings. The zero-order valence-electron chi connectivity index (χ0n) is 12.7. The predicted octanol–water partition coefficient (Wildman–Crippen LogP) is 5.54. The summed E-state index contributed by atoms with van der Waals surface area (Å²) in [6, 6.07) is 5.37. The van der Waals surface area contributed by atoms with E-state index in [1.807, 2.05) is 13.0 Å². The molecule has 0 aromatic heterocycles. The Morgan fingerprint density at radius 3 is 2.40 bits per heavy atom. The van der Waals surface area contributed by atoms with E-state index >= 15 is 0 Å². The normalized spacial score (nSPS) is 10.7. The molecule has 0 amide bonds. The molecule has 0 spiro atoms. The van der Waals surface area contributed by atoms with E-state index in [0.29, 0.717) is 5.56 Å². The molecule has 20 heavy (non-hydrogen) atoms. The molecule has 0 aliphatic rings. The Labute approximate surface area is 127 Å². The van der Waals surface area contributed by atoms with Crippen molar-refractivity contribution in [2.24, 2.45) is 0 Å². The molecule has 0 atom stereocenters. The minimum absolute atomic E-state index is 0.387. The monoisotopic (exact) mass is 294 g/mol. The fourth-order valence-corrected chi connectivity index (χ4v) is 3.20. The second kappa shape index (κ2) is 9.87. The van der Waals surface area contributed by atoms with Gasteiger partial charge in [-0.2, -0.15) is 0 Å². The highest BCUT2D eigenvalue weighted by Gasteiger charge is 2.06. The Morgan fingerprint density at radius 2 is 1.75 bits per heavy atom. The minimum Gasteiger partial charge on any atom is -0.478 e. The number of rotatable bonds is 10. The Bertz CT molecular complexity index is 415. The zero-order valence-corrected chi connectivity index (χ0v) is 13.5. The SMILES string of the molecule is CCCCCCCCCSc1cc(C(=O)O)ccc1C. The largest absolute Gasteiger partial charge is 0.478 e. The average molecular weight is 294 g/mol. The summed E-state index contributed by atoms with van der Waals surface area (Å²) in [5.74, 6) is 0.236. The Morgan fingerprint density at radius 1 is 1.10 bits per heavy atom. The molecule has 0 fully saturated rings. The number of carbonyl (C=O) groups is 1. The van der Waals surface area contributed by atoms with Crippen LogP contribution in [0.3, 0.4) is 0 Å². The van der Waals surface area contributed by atoms with Crippen molar-refractivity contribution in [2.75, 3.05) is 5.75 Å². The highest BCUT2D eigenvalue weighted by atomic mass is 32.2. The summed E-state index contributed by atoms with van der Waals surface area (Å²) >= 11 is 1.78. The molecule has 0 heterocycles. The van der Waals surface area contributed by atoms with E-state index < -0.39 is 5.97 Å². The van der Waals surface area contributed by atoms with Gasteiger partial charge in [0.1, 0.15) is 0 Å². The first-order chi connectivity index (χ1) is 9.65. The molecule has 0 unspecified atom stereocenters. The Kier molecular flexibility index (Phi) is 8.43. The van der Waals surface area contributed by atoms with Crippen LogP contribution in [-0.2, 0) is 0 Å². The maximum absolute atomic E-state index is 11.0. The lowest BCUT2D eigenvalue weighted by Gasteiger charge is -2.07. The lowest BCUT2D eigenvalue weighted by atomic mass is 10.1. The molecular formula is C17H26O2S. The third-order valence-corrected chi connectivity index (χ3v) is 4.68. The smallest absolute Gasteiger partial charge is 0.335 e. The van der Waals surface area contributed by atoms with Crippen molar-refractivity contribution in [3.05, 3.63) is 29.3 Å². The third-order valence-electron chi connectivity index (χ3n) is 3.44. The Balaban J connectivity index is 2.24. The van der Waals surface area contributed by atoms with Gasteiger partial charge in [0.2, 0.25) is 0 Å². The quantitative estimate of drug-likeness (QED) is 0.455. The van der Waals surface area contributed by atoms with E-state index in [1.54, 1.807) is 23.9 Å². The van der Waals surface area contributed by atoms with Crippen LogP contribution in [0.15, 0.2) is 23.1 Å². The van der Waals surface area contributed by atoms with E-state index in [2.05, 4.69) is 6.92 Å². The van der Waals surface area contributed by atoms with Gasteiger partial charge in [0.15, 0.2) is 0 Å². The topological polar surface area (TPSA) is 37.3 Å². The number of aryl methyl sites for hydroxylation is 1. The molecule has 1 N–H and O–H groups in total. The lowest BCUT2D eigenvalue weighted by molar-refractivity contribution is 0.0696. The summed E-state index contributed by atoms with van der Waals surface area (Å²) in [7, 11) is 0. The van der Waals surface area contributed by atoms with Gasteiger partial charge in [0.05, 0.1) is 5.56 Å². The van der Waals surface area contributed by atoms with E-state index in [-0.39, 0.29) is 0 Å². The maximum Gasteiger partial charge on any atom is 0.335 e. The van der Waals surface area contributed by atoms with Crippen LogP contribution in [0.2, 0.25) is 0 Å². The molecule has 0 saturated carbocycles. The summed E-state index contributed by atoms with van der Waals surface area (Å²) in [6.07, 6.45) is 9.21. The van der Waals surface area contributed by atoms with Gasteiger partial charge in [-0.3, -0.25) is 0 Å². The molecule has 0 saturated heterocycles. The average Bonchev–Trinajstić information content (AvgIpc) is 2.43. The van der Waals surface area contributed by atoms with E-state index in [9.17, 15) is 4.79 Å². The molecule has 0 aliphatic heterocycles. The van der Waals surface area contributed by atoms with Gasteiger partial charge in [-0.15, -0.1) is 11.8 Å². The molecule has 3 heteroatoms. The van der Waals surface area contributed by atoms with Crippen molar-refractivity contribution < 1.29 is 9.90 Å². The van der Waals surface area contributed by atoms with Gasteiger partial charge in [-0.05, 0) is 36.8 Å². The summed E-state index contributed by atoms with van der Waals surface area (Å²) < 4.78 is 0. The van der Waals surface area contributed by atoms with Gasteiger partial charge in [0.25, 0.3) is 0 Å². The summed E-state index contributed by atoms with van der Waals surface area (Å²) in [4.78, 5) is 12.1. The van der Waals surface area contributed by atoms with Crippen LogP contribution in [-0.4, -0.2) is 16.8 Å². The van der Waals surface area contributed by atoms with Crippen molar-refractivity contribution in [1.29, 1.82) is 0 Å². The number of hydrogen-bond donors (Lipinski definition) is 1. The fourth-order valence-electron chi connectivity index (χ4n) is 2.13. The number of aromatic carboxylic acids is 1. The van der Waals surface area contributed by atoms with Crippen LogP contribution in [0.5, 0.6) is 0 Å². The molecule has 1 rings (SSSR count). The van der Waals surface area contributed by atoms with Gasteiger partial charge in [-0.25, -0.2) is 4.79 Å². The van der Waals surface area contributed by atoms with Crippen LogP contribution in [0.1, 0.15) is 67.8 Å². The van der Waals surface area contributed by atoms with Gasteiger partial charge < -0.3 is 5.11 Å². The first-order valence-electron chi connectivity index (χ1n) is 7.62. The Hall–Kier alpha value is -0.960. The number of hydrogen-bond acceptors (Lipinski definition) is 2. The van der Waals surface area contributed by atoms with Crippen LogP contribution in [0.4, 0.5) is 0 Å². The van der Waals surface area contributed by atoms with Crippen molar-refractivity contribution in [2.45, 2.75) is 63.7 Å². The summed E-state index contributed by atoms with van der Waals surface area (Å²) in [5, 5.41) is 9.00. The van der Waals surface area contributed by atoms with Crippen LogP contribution in [0.25, 0.3) is 0 Å². The van der Waals surface area contributed by atoms with E-state index in [4.69, 9.17) is 5.11 Å². The molecule has 1 aromatic carbocycles. The third kappa shape index (κ3) is 6.47. The molecule has 2 nitrogen and oxygen atoms in total. The van der Waals surface area contributed by atoms with E-state index in [1.165, 1.54) is 50.5 Å². The lowest BCUT2D eigenvalue weighted by Crippen LogP contribution is -1.97. The maximum atomic E-state index is 11.0. The van der Waals surface area contributed by atoms with Crippen molar-refractivity contribution in [1.82, 2.24) is 0 Å². The number of thioether (sulfide) groups is 1. The fraction of sp³-hybridized carbons (Fsp3) is 0.588. The van der Waals surface area contributed by atoms with Crippen molar-refractivity contribution in [3.63, 3.8) is 0 Å². The van der Waals surface area contributed by atoms with E-state index in [0.717, 1.165) is 10.6 Å². The molecule has 0 radical (unpaired) electrons. The first-order valence-corrected chi connectivity index (χ1v) is 8.60. The zero-order chi connectivity index (χ0) is 14.8. The molecule has 112 valence electrons. The number of carboxylic acids is 1. The summed E-state index contributed by atoms with van der Waals surface area (Å²) in [5.41, 5.74) is 1.56. The van der Waals surface area contributed by atoms with Gasteiger partial charge in [-0.1, -0.05) is 51.5 Å². The highest BCUT2D eigenvalue weighted by molar-refractivity contribution is 7.99. The predicted molar refractivity (Wildman–Crippen MR) is 86.9 cm³/mol. The number of benzene rings is 1. The van der Waals surface area contributed by atoms with Crippen molar-refractivity contribution >= 4 is 17.7 Å². The number of unbranched alkanes of at least 4 members (excludes halogenated alkanes) is 6. The standard InChI is InChI=1S/C17H26O2S/c1-3-4-5-6-7-8-9-12-20-16-13-15(17(18)19)11-10-14(16)2/h10-11,13H,3-9,12H2,1-2H3,(H,18,19). The van der Waals surface area contributed by atoms with Gasteiger partial charge in [0, 0.05) is 4.90 Å². The van der Waals surface area contributed by atoms with Gasteiger partial charge >= 0.3 is 5.97 Å². The summed E-state index contributed by atoms with van der Waals surface area (Å²) in [6.45, 7) is 4.28. The first kappa shape index (κ1) is 17.1. The van der Waals surface area contributed by atoms with Crippen LogP contribution < -0.4 is 0 Å².